The minimum absolute atomic E-state index is 0. The fourth-order valence-electron chi connectivity index (χ4n) is 2.36. The van der Waals surface area contributed by atoms with Crippen LogP contribution in [0.2, 0.25) is 0 Å². The number of ether oxygens (including phenoxy) is 2. The molecule has 1 aliphatic heterocycles. The standard InChI is InChI=1S/C13H19FN2O4S.ClH/c1-19-11-6-10(14)13(7-12(11)20-2)21(17,18)16-5-3-4-9(15)8-16;/h6-7,9H,3-5,8,15H2,1-2H3;1H/t9-;/m1./s1. The first-order chi connectivity index (χ1) is 9.90. The number of piperidine rings is 1. The van der Waals surface area contributed by atoms with E-state index in [9.17, 15) is 12.8 Å². The number of nitrogens with zero attached hydrogens (tertiary/aromatic N) is 1. The number of methoxy groups -OCH3 is 2. The molecule has 0 aromatic heterocycles. The second-order valence-corrected chi connectivity index (χ2v) is 6.81. The van der Waals surface area contributed by atoms with E-state index in [0.29, 0.717) is 13.0 Å². The van der Waals surface area contributed by atoms with Gasteiger partial charge >= 0.3 is 0 Å². The van der Waals surface area contributed by atoms with Gasteiger partial charge in [-0.15, -0.1) is 12.4 Å². The zero-order chi connectivity index (χ0) is 15.6. The van der Waals surface area contributed by atoms with Crippen LogP contribution in [0.15, 0.2) is 17.0 Å². The van der Waals surface area contributed by atoms with E-state index in [-0.39, 0.29) is 36.5 Å². The minimum Gasteiger partial charge on any atom is -0.493 e. The topological polar surface area (TPSA) is 81.9 Å². The Morgan fingerprint density at radius 1 is 1.27 bits per heavy atom. The molecule has 0 amide bonds. The van der Waals surface area contributed by atoms with E-state index in [1.807, 2.05) is 0 Å². The van der Waals surface area contributed by atoms with Crippen molar-refractivity contribution in [3.63, 3.8) is 0 Å². The van der Waals surface area contributed by atoms with E-state index in [0.717, 1.165) is 18.6 Å². The highest BCUT2D eigenvalue weighted by atomic mass is 35.5. The lowest BCUT2D eigenvalue weighted by Gasteiger charge is -2.30. The number of halogens is 2. The number of hydrogen-bond donors (Lipinski definition) is 1. The molecule has 9 heteroatoms. The summed E-state index contributed by atoms with van der Waals surface area (Å²) in [5.41, 5.74) is 5.80. The largest absolute Gasteiger partial charge is 0.493 e. The van der Waals surface area contributed by atoms with Gasteiger partial charge in [0.05, 0.1) is 14.2 Å². The van der Waals surface area contributed by atoms with Gasteiger partial charge in [0.15, 0.2) is 11.5 Å². The molecule has 0 spiro atoms. The molecule has 0 saturated carbocycles. The van der Waals surface area contributed by atoms with Gasteiger partial charge in [0, 0.05) is 31.3 Å². The third-order valence-electron chi connectivity index (χ3n) is 3.48. The molecule has 1 aromatic rings. The van der Waals surface area contributed by atoms with Gasteiger partial charge in [-0.05, 0) is 12.8 Å². The van der Waals surface area contributed by atoms with Crippen molar-refractivity contribution in [1.29, 1.82) is 0 Å². The molecule has 1 heterocycles. The molecular formula is C13H20ClFN2O4S. The summed E-state index contributed by atoms with van der Waals surface area (Å²) in [6.07, 6.45) is 1.43. The van der Waals surface area contributed by atoms with Gasteiger partial charge < -0.3 is 15.2 Å². The Bertz CT molecular complexity index is 627. The van der Waals surface area contributed by atoms with Crippen molar-refractivity contribution >= 4 is 22.4 Å². The van der Waals surface area contributed by atoms with Crippen molar-refractivity contribution in [1.82, 2.24) is 4.31 Å². The maximum Gasteiger partial charge on any atom is 0.246 e. The van der Waals surface area contributed by atoms with Gasteiger partial charge in [-0.25, -0.2) is 12.8 Å². The van der Waals surface area contributed by atoms with Crippen molar-refractivity contribution in [3.05, 3.63) is 17.9 Å². The number of rotatable bonds is 4. The predicted molar refractivity (Wildman–Crippen MR) is 82.7 cm³/mol. The molecule has 1 fully saturated rings. The van der Waals surface area contributed by atoms with E-state index in [1.165, 1.54) is 18.5 Å². The van der Waals surface area contributed by atoms with Crippen molar-refractivity contribution in [3.8, 4) is 11.5 Å². The van der Waals surface area contributed by atoms with E-state index in [2.05, 4.69) is 0 Å². The molecular weight excluding hydrogens is 335 g/mol. The number of sulfonamides is 1. The van der Waals surface area contributed by atoms with E-state index < -0.39 is 20.7 Å². The quantitative estimate of drug-likeness (QED) is 0.883. The SMILES string of the molecule is COc1cc(F)c(S(=O)(=O)N2CCC[C@@H](N)C2)cc1OC.Cl. The second-order valence-electron chi connectivity index (χ2n) is 4.90. The Hall–Kier alpha value is -1.09. The molecule has 0 bridgehead atoms. The lowest BCUT2D eigenvalue weighted by atomic mass is 10.1. The van der Waals surface area contributed by atoms with Crippen LogP contribution in [-0.4, -0.2) is 46.1 Å². The van der Waals surface area contributed by atoms with Crippen molar-refractivity contribution in [2.24, 2.45) is 5.73 Å². The van der Waals surface area contributed by atoms with E-state index >= 15 is 0 Å². The number of hydrogen-bond acceptors (Lipinski definition) is 5. The second kappa shape index (κ2) is 7.45. The average Bonchev–Trinajstić information content (AvgIpc) is 2.46. The Morgan fingerprint density at radius 2 is 1.86 bits per heavy atom. The lowest BCUT2D eigenvalue weighted by Crippen LogP contribution is -2.45. The highest BCUT2D eigenvalue weighted by molar-refractivity contribution is 7.89. The fourth-order valence-corrected chi connectivity index (χ4v) is 3.96. The summed E-state index contributed by atoms with van der Waals surface area (Å²) < 4.78 is 50.4. The summed E-state index contributed by atoms with van der Waals surface area (Å²) in [5, 5.41) is 0. The summed E-state index contributed by atoms with van der Waals surface area (Å²) in [7, 11) is -1.22. The molecule has 1 aromatic carbocycles. The Morgan fingerprint density at radius 3 is 2.41 bits per heavy atom. The molecule has 126 valence electrons. The van der Waals surface area contributed by atoms with Crippen molar-refractivity contribution in [2.45, 2.75) is 23.8 Å². The smallest absolute Gasteiger partial charge is 0.246 e. The molecule has 1 aliphatic rings. The van der Waals surface area contributed by atoms with Crippen LogP contribution in [0.4, 0.5) is 4.39 Å². The molecule has 0 radical (unpaired) electrons. The Kier molecular flexibility index (Phi) is 6.42. The highest BCUT2D eigenvalue weighted by Crippen LogP contribution is 2.33. The molecule has 22 heavy (non-hydrogen) atoms. The first-order valence-electron chi connectivity index (χ1n) is 6.57. The van der Waals surface area contributed by atoms with Crippen molar-refractivity contribution < 1.29 is 22.3 Å². The minimum atomic E-state index is -3.94. The monoisotopic (exact) mass is 354 g/mol. The normalized spacial score (nSPS) is 19.4. The van der Waals surface area contributed by atoms with Crippen molar-refractivity contribution in [2.75, 3.05) is 27.3 Å². The summed E-state index contributed by atoms with van der Waals surface area (Å²) in [6, 6.07) is 1.93. The lowest BCUT2D eigenvalue weighted by molar-refractivity contribution is 0.314. The zero-order valence-corrected chi connectivity index (χ0v) is 14.0. The molecule has 1 atom stereocenters. The number of benzene rings is 1. The number of nitrogens with two attached hydrogens (primary N) is 1. The molecule has 2 rings (SSSR count). The van der Waals surface area contributed by atoms with Crippen LogP contribution in [0.5, 0.6) is 11.5 Å². The fraction of sp³-hybridized carbons (Fsp3) is 0.538. The van der Waals surface area contributed by atoms with Crippen LogP contribution >= 0.6 is 12.4 Å². The highest BCUT2D eigenvalue weighted by Gasteiger charge is 2.32. The summed E-state index contributed by atoms with van der Waals surface area (Å²) in [4.78, 5) is -0.422. The molecule has 6 nitrogen and oxygen atoms in total. The van der Waals surface area contributed by atoms with Gasteiger partial charge in [-0.3, -0.25) is 0 Å². The van der Waals surface area contributed by atoms with Gasteiger partial charge in [-0.1, -0.05) is 0 Å². The van der Waals surface area contributed by atoms with Crippen LogP contribution in [0.25, 0.3) is 0 Å². The van der Waals surface area contributed by atoms with Gasteiger partial charge in [0.25, 0.3) is 0 Å². The summed E-state index contributed by atoms with van der Waals surface area (Å²) in [5.74, 6) is -0.560. The van der Waals surface area contributed by atoms with Gasteiger partial charge in [-0.2, -0.15) is 4.31 Å². The summed E-state index contributed by atoms with van der Waals surface area (Å²) >= 11 is 0. The predicted octanol–water partition coefficient (Wildman–Crippen LogP) is 1.38. The Balaban J connectivity index is 0.00000242. The third-order valence-corrected chi connectivity index (χ3v) is 5.36. The molecule has 0 unspecified atom stereocenters. The van der Waals surface area contributed by atoms with E-state index in [1.54, 1.807) is 0 Å². The Labute approximate surface area is 135 Å². The third kappa shape index (κ3) is 3.62. The van der Waals surface area contributed by atoms with Crippen LogP contribution in [0.3, 0.4) is 0 Å². The summed E-state index contributed by atoms with van der Waals surface area (Å²) in [6.45, 7) is 0.528. The van der Waals surface area contributed by atoms with Crippen LogP contribution in [0, 0.1) is 5.82 Å². The van der Waals surface area contributed by atoms with Gasteiger partial charge in [0.2, 0.25) is 10.0 Å². The maximum absolute atomic E-state index is 14.1. The average molecular weight is 355 g/mol. The first kappa shape index (κ1) is 19.0. The van der Waals surface area contributed by atoms with E-state index in [4.69, 9.17) is 15.2 Å². The first-order valence-corrected chi connectivity index (χ1v) is 8.01. The van der Waals surface area contributed by atoms with Crippen LogP contribution < -0.4 is 15.2 Å². The maximum atomic E-state index is 14.1. The molecule has 1 saturated heterocycles. The zero-order valence-electron chi connectivity index (χ0n) is 12.4. The van der Waals surface area contributed by atoms with Crippen LogP contribution in [0.1, 0.15) is 12.8 Å². The molecule has 2 N–H and O–H groups in total. The van der Waals surface area contributed by atoms with Crippen LogP contribution in [-0.2, 0) is 10.0 Å². The van der Waals surface area contributed by atoms with Gasteiger partial charge in [0.1, 0.15) is 10.7 Å². The molecule has 0 aliphatic carbocycles.